The van der Waals surface area contributed by atoms with Crippen molar-refractivity contribution in [2.75, 3.05) is 18.5 Å². The number of carboxylic acid groups (broad SMARTS) is 1. The van der Waals surface area contributed by atoms with E-state index in [1.165, 1.54) is 5.56 Å². The van der Waals surface area contributed by atoms with Crippen LogP contribution >= 0.6 is 0 Å². The van der Waals surface area contributed by atoms with Crippen LogP contribution in [0.2, 0.25) is 0 Å². The maximum atomic E-state index is 10.8. The highest BCUT2D eigenvalue weighted by Crippen LogP contribution is 2.22. The third-order valence-electron chi connectivity index (χ3n) is 3.83. The van der Waals surface area contributed by atoms with Gasteiger partial charge in [-0.15, -0.1) is 0 Å². The van der Waals surface area contributed by atoms with Crippen LogP contribution in [0.15, 0.2) is 24.3 Å². The fourth-order valence-electron chi connectivity index (χ4n) is 1.93. The fraction of sp³-hybridized carbons (Fsp3) is 0.562. The summed E-state index contributed by atoms with van der Waals surface area (Å²) in [6.45, 7) is 6.93. The van der Waals surface area contributed by atoms with Gasteiger partial charge in [0.15, 0.2) is 0 Å². The monoisotopic (exact) mass is 263 g/mol. The standard InChI is InChI=1S/C16H25NO2/c1-5-12(2)14-6-8-15(9-7-14)17(4)11-10-13(3)16(18)19/h6-9,12-13H,5,10-11H2,1-4H3,(H,18,19). The van der Waals surface area contributed by atoms with Gasteiger partial charge in [-0.05, 0) is 36.5 Å². The SMILES string of the molecule is CCC(C)c1ccc(N(C)CCC(C)C(=O)O)cc1. The Morgan fingerprint density at radius 3 is 2.32 bits per heavy atom. The minimum atomic E-state index is -0.722. The van der Waals surface area contributed by atoms with Gasteiger partial charge in [-0.3, -0.25) is 4.79 Å². The molecule has 0 aromatic heterocycles. The molecule has 0 radical (unpaired) electrons. The Hall–Kier alpha value is -1.51. The maximum absolute atomic E-state index is 10.8. The van der Waals surface area contributed by atoms with E-state index in [2.05, 4.69) is 43.0 Å². The highest BCUT2D eigenvalue weighted by molar-refractivity contribution is 5.69. The average Bonchev–Trinajstić information content (AvgIpc) is 2.43. The number of aliphatic carboxylic acids is 1. The Morgan fingerprint density at radius 1 is 1.26 bits per heavy atom. The summed E-state index contributed by atoms with van der Waals surface area (Å²) in [5.74, 6) is -0.422. The first kappa shape index (κ1) is 15.5. The molecule has 106 valence electrons. The van der Waals surface area contributed by atoms with Crippen molar-refractivity contribution in [3.8, 4) is 0 Å². The second kappa shape index (κ2) is 7.17. The van der Waals surface area contributed by atoms with E-state index in [1.807, 2.05) is 7.05 Å². The molecule has 2 atom stereocenters. The summed E-state index contributed by atoms with van der Waals surface area (Å²) in [6, 6.07) is 8.57. The third kappa shape index (κ3) is 4.58. The van der Waals surface area contributed by atoms with E-state index >= 15 is 0 Å². The molecule has 0 fully saturated rings. The van der Waals surface area contributed by atoms with Crippen molar-refractivity contribution in [2.45, 2.75) is 39.5 Å². The van der Waals surface area contributed by atoms with Gasteiger partial charge in [0.2, 0.25) is 0 Å². The van der Waals surface area contributed by atoms with Gasteiger partial charge >= 0.3 is 5.97 Å². The van der Waals surface area contributed by atoms with Gasteiger partial charge in [0.25, 0.3) is 0 Å². The van der Waals surface area contributed by atoms with E-state index in [1.54, 1.807) is 6.92 Å². The topological polar surface area (TPSA) is 40.5 Å². The van der Waals surface area contributed by atoms with Gasteiger partial charge in [0, 0.05) is 19.3 Å². The summed E-state index contributed by atoms with van der Waals surface area (Å²) in [5, 5.41) is 8.87. The van der Waals surface area contributed by atoms with Crippen molar-refractivity contribution in [3.63, 3.8) is 0 Å². The van der Waals surface area contributed by atoms with Gasteiger partial charge in [0.1, 0.15) is 0 Å². The van der Waals surface area contributed by atoms with Gasteiger partial charge < -0.3 is 10.0 Å². The molecule has 1 aromatic carbocycles. The first-order valence-corrected chi connectivity index (χ1v) is 6.99. The zero-order valence-electron chi connectivity index (χ0n) is 12.4. The number of hydrogen-bond donors (Lipinski definition) is 1. The van der Waals surface area contributed by atoms with E-state index < -0.39 is 5.97 Å². The lowest BCUT2D eigenvalue weighted by atomic mass is 9.98. The summed E-state index contributed by atoms with van der Waals surface area (Å²) in [5.41, 5.74) is 2.50. The van der Waals surface area contributed by atoms with E-state index in [0.717, 1.165) is 18.7 Å². The van der Waals surface area contributed by atoms with E-state index in [0.29, 0.717) is 12.3 Å². The summed E-state index contributed by atoms with van der Waals surface area (Å²) in [4.78, 5) is 12.9. The molecule has 0 aliphatic rings. The molecule has 1 N–H and O–H groups in total. The second-order valence-corrected chi connectivity index (χ2v) is 5.35. The molecular weight excluding hydrogens is 238 g/mol. The second-order valence-electron chi connectivity index (χ2n) is 5.35. The van der Waals surface area contributed by atoms with E-state index in [9.17, 15) is 4.79 Å². The van der Waals surface area contributed by atoms with Gasteiger partial charge in [0.05, 0.1) is 5.92 Å². The molecule has 0 aliphatic carbocycles. The number of carboxylic acids is 1. The molecule has 0 heterocycles. The van der Waals surface area contributed by atoms with Crippen molar-refractivity contribution in [2.24, 2.45) is 5.92 Å². The van der Waals surface area contributed by atoms with Crippen molar-refractivity contribution >= 4 is 11.7 Å². The van der Waals surface area contributed by atoms with Crippen LogP contribution in [-0.2, 0) is 4.79 Å². The molecule has 1 rings (SSSR count). The lowest BCUT2D eigenvalue weighted by molar-refractivity contribution is -0.141. The van der Waals surface area contributed by atoms with Crippen molar-refractivity contribution in [1.29, 1.82) is 0 Å². The summed E-state index contributed by atoms with van der Waals surface area (Å²) < 4.78 is 0. The van der Waals surface area contributed by atoms with Crippen LogP contribution in [0, 0.1) is 5.92 Å². The average molecular weight is 263 g/mol. The smallest absolute Gasteiger partial charge is 0.306 e. The van der Waals surface area contributed by atoms with Crippen LogP contribution in [0.1, 0.15) is 45.1 Å². The highest BCUT2D eigenvalue weighted by atomic mass is 16.4. The largest absolute Gasteiger partial charge is 0.481 e. The number of hydrogen-bond acceptors (Lipinski definition) is 2. The van der Waals surface area contributed by atoms with Crippen LogP contribution in [0.5, 0.6) is 0 Å². The van der Waals surface area contributed by atoms with Crippen LogP contribution in [-0.4, -0.2) is 24.7 Å². The zero-order chi connectivity index (χ0) is 14.4. The lowest BCUT2D eigenvalue weighted by Crippen LogP contribution is -2.22. The number of rotatable bonds is 7. The highest BCUT2D eigenvalue weighted by Gasteiger charge is 2.12. The van der Waals surface area contributed by atoms with Crippen LogP contribution < -0.4 is 4.90 Å². The number of anilines is 1. The summed E-state index contributed by atoms with van der Waals surface area (Å²) in [6.07, 6.45) is 1.81. The molecule has 3 nitrogen and oxygen atoms in total. The first-order valence-electron chi connectivity index (χ1n) is 6.99. The van der Waals surface area contributed by atoms with Crippen molar-refractivity contribution in [3.05, 3.63) is 29.8 Å². The van der Waals surface area contributed by atoms with Crippen LogP contribution in [0.3, 0.4) is 0 Å². The Balaban J connectivity index is 2.58. The molecule has 0 bridgehead atoms. The Kier molecular flexibility index (Phi) is 5.87. The van der Waals surface area contributed by atoms with E-state index in [-0.39, 0.29) is 5.92 Å². The molecular formula is C16H25NO2. The third-order valence-corrected chi connectivity index (χ3v) is 3.83. The predicted octanol–water partition coefficient (Wildman–Crippen LogP) is 3.75. The number of nitrogens with zero attached hydrogens (tertiary/aromatic N) is 1. The minimum Gasteiger partial charge on any atom is -0.481 e. The molecule has 0 saturated carbocycles. The molecule has 0 amide bonds. The van der Waals surface area contributed by atoms with Crippen LogP contribution in [0.4, 0.5) is 5.69 Å². The van der Waals surface area contributed by atoms with E-state index in [4.69, 9.17) is 5.11 Å². The molecule has 19 heavy (non-hydrogen) atoms. The zero-order valence-corrected chi connectivity index (χ0v) is 12.4. The van der Waals surface area contributed by atoms with Crippen LogP contribution in [0.25, 0.3) is 0 Å². The van der Waals surface area contributed by atoms with Gasteiger partial charge in [-0.1, -0.05) is 32.9 Å². The Morgan fingerprint density at radius 2 is 1.84 bits per heavy atom. The van der Waals surface area contributed by atoms with Gasteiger partial charge in [-0.25, -0.2) is 0 Å². The lowest BCUT2D eigenvalue weighted by Gasteiger charge is -2.21. The number of benzene rings is 1. The predicted molar refractivity (Wildman–Crippen MR) is 79.8 cm³/mol. The molecule has 3 heteroatoms. The molecule has 0 aliphatic heterocycles. The van der Waals surface area contributed by atoms with Gasteiger partial charge in [-0.2, -0.15) is 0 Å². The molecule has 0 saturated heterocycles. The Labute approximate surface area is 116 Å². The quantitative estimate of drug-likeness (QED) is 0.814. The normalized spacial score (nSPS) is 13.9. The minimum absolute atomic E-state index is 0.290. The Bertz CT molecular complexity index is 400. The fourth-order valence-corrected chi connectivity index (χ4v) is 1.93. The molecule has 0 spiro atoms. The summed E-state index contributed by atoms with van der Waals surface area (Å²) in [7, 11) is 2.01. The van der Waals surface area contributed by atoms with Crippen molar-refractivity contribution < 1.29 is 9.90 Å². The van der Waals surface area contributed by atoms with Crippen molar-refractivity contribution in [1.82, 2.24) is 0 Å². The first-order chi connectivity index (χ1) is 8.95. The molecule has 2 unspecified atom stereocenters. The maximum Gasteiger partial charge on any atom is 0.306 e. The molecule has 1 aromatic rings. The summed E-state index contributed by atoms with van der Waals surface area (Å²) >= 11 is 0. The number of carbonyl (C=O) groups is 1.